The summed E-state index contributed by atoms with van der Waals surface area (Å²) < 4.78 is 4.38. The van der Waals surface area contributed by atoms with E-state index in [2.05, 4.69) is 43.0 Å². The van der Waals surface area contributed by atoms with Gasteiger partial charge in [-0.25, -0.2) is 0 Å². The average molecular weight is 223 g/mol. The zero-order valence-electron chi connectivity index (χ0n) is 8.57. The largest absolute Gasteiger partial charge is 0.335 e. The number of thiophene rings is 1. The number of nitrogens with zero attached hydrogens (tertiary/aromatic N) is 1. The van der Waals surface area contributed by atoms with Crippen LogP contribution in [-0.4, -0.2) is 4.57 Å². The summed E-state index contributed by atoms with van der Waals surface area (Å²) in [5, 5.41) is 3.41. The van der Waals surface area contributed by atoms with Gasteiger partial charge in [-0.3, -0.25) is 0 Å². The minimum Gasteiger partial charge on any atom is -0.335 e. The summed E-state index contributed by atoms with van der Waals surface area (Å²) >= 11 is 7.19. The lowest BCUT2D eigenvalue weighted by molar-refractivity contribution is 0.591. The summed E-state index contributed by atoms with van der Waals surface area (Å²) in [6.45, 7) is 6.46. The van der Waals surface area contributed by atoms with Crippen molar-refractivity contribution in [2.45, 2.75) is 26.8 Å². The van der Waals surface area contributed by atoms with Crippen molar-refractivity contribution in [3.63, 3.8) is 0 Å². The van der Waals surface area contributed by atoms with Crippen LogP contribution in [0.25, 0.3) is 10.1 Å². The highest BCUT2D eigenvalue weighted by molar-refractivity contribution is 7.71. The molecule has 0 bridgehead atoms. The lowest BCUT2D eigenvalue weighted by Gasteiger charge is -2.12. The van der Waals surface area contributed by atoms with Crippen molar-refractivity contribution in [1.82, 2.24) is 4.57 Å². The standard InChI is InChI=1S/C11H13NS2/c1-7(2)12-6-8(3)9-4-5-14-10(9)11(12)13/h4-7H,1-3H3. The van der Waals surface area contributed by atoms with Gasteiger partial charge in [0.2, 0.25) is 0 Å². The average Bonchev–Trinajstić information content (AvgIpc) is 2.59. The minimum absolute atomic E-state index is 0.438. The Kier molecular flexibility index (Phi) is 2.45. The maximum atomic E-state index is 5.46. The molecule has 0 spiro atoms. The van der Waals surface area contributed by atoms with Crippen LogP contribution < -0.4 is 0 Å². The van der Waals surface area contributed by atoms with Gasteiger partial charge in [0.25, 0.3) is 0 Å². The molecule has 0 aromatic carbocycles. The zero-order valence-corrected chi connectivity index (χ0v) is 10.2. The number of fused-ring (bicyclic) bond motifs is 1. The summed E-state index contributed by atoms with van der Waals surface area (Å²) in [7, 11) is 0. The summed E-state index contributed by atoms with van der Waals surface area (Å²) in [5.74, 6) is 0. The second-order valence-electron chi connectivity index (χ2n) is 3.78. The molecular weight excluding hydrogens is 210 g/mol. The molecule has 0 aliphatic rings. The maximum Gasteiger partial charge on any atom is 0.124 e. The van der Waals surface area contributed by atoms with E-state index in [1.165, 1.54) is 15.6 Å². The van der Waals surface area contributed by atoms with Gasteiger partial charge in [0.05, 0.1) is 4.70 Å². The summed E-state index contributed by atoms with van der Waals surface area (Å²) in [6.07, 6.45) is 2.15. The molecule has 0 unspecified atom stereocenters. The number of hydrogen-bond donors (Lipinski definition) is 0. The highest BCUT2D eigenvalue weighted by Crippen LogP contribution is 2.26. The van der Waals surface area contributed by atoms with E-state index in [-0.39, 0.29) is 0 Å². The molecule has 0 aliphatic carbocycles. The molecule has 0 aliphatic heterocycles. The molecule has 0 atom stereocenters. The van der Waals surface area contributed by atoms with Crippen LogP contribution in [0.1, 0.15) is 25.5 Å². The van der Waals surface area contributed by atoms with E-state index < -0.39 is 0 Å². The summed E-state index contributed by atoms with van der Waals surface area (Å²) in [5.41, 5.74) is 1.31. The van der Waals surface area contributed by atoms with E-state index >= 15 is 0 Å². The SMILES string of the molecule is Cc1cn(C(C)C)c(=S)c2sccc12. The molecule has 74 valence electrons. The van der Waals surface area contributed by atoms with E-state index in [0.29, 0.717) is 6.04 Å². The molecule has 2 aromatic heterocycles. The molecule has 3 heteroatoms. The predicted octanol–water partition coefficient (Wildman–Crippen LogP) is 4.32. The first-order valence-electron chi connectivity index (χ1n) is 4.70. The van der Waals surface area contributed by atoms with Crippen LogP contribution in [-0.2, 0) is 0 Å². The lowest BCUT2D eigenvalue weighted by Crippen LogP contribution is -2.03. The van der Waals surface area contributed by atoms with Gasteiger partial charge in [-0.15, -0.1) is 11.3 Å². The molecule has 0 radical (unpaired) electrons. The van der Waals surface area contributed by atoms with Gasteiger partial charge in [0.15, 0.2) is 0 Å². The fourth-order valence-corrected chi connectivity index (χ4v) is 3.04. The monoisotopic (exact) mass is 223 g/mol. The fraction of sp³-hybridized carbons (Fsp3) is 0.364. The Morgan fingerprint density at radius 2 is 2.14 bits per heavy atom. The third-order valence-corrected chi connectivity index (χ3v) is 3.87. The van der Waals surface area contributed by atoms with Crippen molar-refractivity contribution in [2.75, 3.05) is 0 Å². The van der Waals surface area contributed by atoms with Gasteiger partial charge in [0.1, 0.15) is 4.64 Å². The molecule has 1 nitrogen and oxygen atoms in total. The highest BCUT2D eigenvalue weighted by Gasteiger charge is 2.06. The quantitative estimate of drug-likeness (QED) is 0.652. The van der Waals surface area contributed by atoms with Crippen molar-refractivity contribution in [3.8, 4) is 0 Å². The van der Waals surface area contributed by atoms with Crippen molar-refractivity contribution in [3.05, 3.63) is 27.8 Å². The number of hydrogen-bond acceptors (Lipinski definition) is 2. The number of pyridine rings is 1. The molecule has 14 heavy (non-hydrogen) atoms. The van der Waals surface area contributed by atoms with E-state index in [0.717, 1.165) is 4.64 Å². The normalized spacial score (nSPS) is 11.4. The maximum absolute atomic E-state index is 5.46. The smallest absolute Gasteiger partial charge is 0.124 e. The third-order valence-electron chi connectivity index (χ3n) is 2.41. The summed E-state index contributed by atoms with van der Waals surface area (Å²) in [6, 6.07) is 2.59. The second-order valence-corrected chi connectivity index (χ2v) is 5.08. The van der Waals surface area contributed by atoms with Crippen molar-refractivity contribution in [1.29, 1.82) is 0 Å². The van der Waals surface area contributed by atoms with Gasteiger partial charge in [-0.05, 0) is 43.2 Å². The van der Waals surface area contributed by atoms with E-state index in [4.69, 9.17) is 12.2 Å². The Bertz CT molecular complexity index is 520. The first-order valence-corrected chi connectivity index (χ1v) is 5.99. The number of aryl methyl sites for hydroxylation is 1. The second kappa shape index (κ2) is 3.48. The predicted molar refractivity (Wildman–Crippen MR) is 65.8 cm³/mol. The highest BCUT2D eigenvalue weighted by atomic mass is 32.1. The van der Waals surface area contributed by atoms with E-state index in [1.807, 2.05) is 0 Å². The van der Waals surface area contributed by atoms with Gasteiger partial charge >= 0.3 is 0 Å². The molecule has 2 rings (SSSR count). The van der Waals surface area contributed by atoms with Gasteiger partial charge in [-0.1, -0.05) is 12.2 Å². The van der Waals surface area contributed by atoms with Crippen molar-refractivity contribution >= 4 is 33.6 Å². The van der Waals surface area contributed by atoms with E-state index in [1.54, 1.807) is 11.3 Å². The zero-order chi connectivity index (χ0) is 10.3. The Balaban J connectivity index is 2.89. The Labute approximate surface area is 93.0 Å². The molecule has 0 saturated carbocycles. The molecule has 0 N–H and O–H groups in total. The van der Waals surface area contributed by atoms with Crippen LogP contribution in [0, 0.1) is 11.6 Å². The number of rotatable bonds is 1. The lowest BCUT2D eigenvalue weighted by atomic mass is 10.2. The first kappa shape index (κ1) is 9.87. The van der Waals surface area contributed by atoms with Crippen LogP contribution in [0.15, 0.2) is 17.6 Å². The topological polar surface area (TPSA) is 4.93 Å². The van der Waals surface area contributed by atoms with Crippen LogP contribution in [0.4, 0.5) is 0 Å². The first-order chi connectivity index (χ1) is 6.61. The third kappa shape index (κ3) is 1.41. The molecule has 0 fully saturated rings. The van der Waals surface area contributed by atoms with Crippen LogP contribution in [0.2, 0.25) is 0 Å². The molecule has 0 saturated heterocycles. The van der Waals surface area contributed by atoms with Crippen LogP contribution >= 0.6 is 23.6 Å². The van der Waals surface area contributed by atoms with Gasteiger partial charge in [-0.2, -0.15) is 0 Å². The molecule has 0 amide bonds. The van der Waals surface area contributed by atoms with E-state index in [9.17, 15) is 0 Å². The Hall–Kier alpha value is -0.670. The Morgan fingerprint density at radius 3 is 2.79 bits per heavy atom. The van der Waals surface area contributed by atoms with Gasteiger partial charge in [0, 0.05) is 12.2 Å². The van der Waals surface area contributed by atoms with Crippen LogP contribution in [0.3, 0.4) is 0 Å². The van der Waals surface area contributed by atoms with Gasteiger partial charge < -0.3 is 4.57 Å². The Morgan fingerprint density at radius 1 is 1.43 bits per heavy atom. The van der Waals surface area contributed by atoms with Crippen molar-refractivity contribution < 1.29 is 0 Å². The van der Waals surface area contributed by atoms with Crippen molar-refractivity contribution in [2.24, 2.45) is 0 Å². The summed E-state index contributed by atoms with van der Waals surface area (Å²) in [4.78, 5) is 0. The fourth-order valence-electron chi connectivity index (χ4n) is 1.62. The molecular formula is C11H13NS2. The minimum atomic E-state index is 0.438. The number of aromatic nitrogens is 1. The molecule has 2 aromatic rings. The van der Waals surface area contributed by atoms with Crippen LogP contribution in [0.5, 0.6) is 0 Å². The molecule has 2 heterocycles.